The van der Waals surface area contributed by atoms with E-state index in [0.29, 0.717) is 63.7 Å². The third-order valence-electron chi connectivity index (χ3n) is 17.0. The Balaban J connectivity index is 0.000000178. The van der Waals surface area contributed by atoms with E-state index < -0.39 is 14.8 Å². The summed E-state index contributed by atoms with van der Waals surface area (Å²) in [6, 6.07) is 31.9. The highest BCUT2D eigenvalue weighted by atomic mass is 16.6. The number of nitro groups is 3. The molecule has 5 aliphatic rings. The molecule has 19 nitrogen and oxygen atoms in total. The molecular weight excluding hydrogens is 1130 g/mol. The zero-order valence-electron chi connectivity index (χ0n) is 53.8. The highest BCUT2D eigenvalue weighted by Gasteiger charge is 2.29. The van der Waals surface area contributed by atoms with Crippen molar-refractivity contribution >= 4 is 46.6 Å². The monoisotopic (exact) mass is 1220 g/mol. The van der Waals surface area contributed by atoms with Crippen molar-refractivity contribution in [1.29, 1.82) is 0 Å². The molecule has 5 aliphatic heterocycles. The van der Waals surface area contributed by atoms with Crippen LogP contribution in [0.4, 0.5) is 17.1 Å². The quantitative estimate of drug-likeness (QED) is 0.105. The summed E-state index contributed by atoms with van der Waals surface area (Å²) in [4.78, 5) is 101. The number of benzene rings is 5. The number of likely N-dealkylation sites (tertiary alicyclic amines) is 5. The van der Waals surface area contributed by atoms with Gasteiger partial charge >= 0.3 is 0 Å². The third kappa shape index (κ3) is 21.2. The van der Waals surface area contributed by atoms with Crippen LogP contribution in [0.25, 0.3) is 0 Å². The average molecular weight is 1220 g/mol. The molecule has 89 heavy (non-hydrogen) atoms. The van der Waals surface area contributed by atoms with Crippen LogP contribution >= 0.6 is 0 Å². The van der Waals surface area contributed by atoms with Crippen molar-refractivity contribution in [2.45, 2.75) is 121 Å². The summed E-state index contributed by atoms with van der Waals surface area (Å²) in [6.07, 6.45) is 9.13. The van der Waals surface area contributed by atoms with E-state index in [2.05, 4.69) is 48.5 Å². The number of carbonyl (C=O) groups is 5. The molecule has 7 atom stereocenters. The van der Waals surface area contributed by atoms with Gasteiger partial charge in [-0.05, 0) is 174 Å². The fraction of sp³-hybridized carbons (Fsp3) is 0.500. The van der Waals surface area contributed by atoms with Crippen LogP contribution in [-0.2, 0) is 0 Å². The van der Waals surface area contributed by atoms with Crippen molar-refractivity contribution in [3.05, 3.63) is 190 Å². The Labute approximate surface area is 525 Å². The average Bonchev–Trinajstić information content (AvgIpc) is 3.61. The molecule has 10 rings (SSSR count). The second-order valence-electron chi connectivity index (χ2n) is 25.9. The molecule has 19 heteroatoms. The number of piperidine rings is 5. The molecule has 0 N–H and O–H groups in total. The first-order valence-electron chi connectivity index (χ1n) is 31.6. The maximum Gasteiger partial charge on any atom is 0.272 e. The van der Waals surface area contributed by atoms with Gasteiger partial charge in [0.15, 0.2) is 0 Å². The molecule has 478 valence electrons. The molecule has 0 radical (unpaired) electrons. The number of nitrogens with zero attached hydrogens (tertiary/aromatic N) is 8. The number of carbonyl (C=O) groups excluding carboxylic acids is 5. The van der Waals surface area contributed by atoms with Crippen molar-refractivity contribution in [2.24, 2.45) is 41.4 Å². The summed E-state index contributed by atoms with van der Waals surface area (Å²) in [5.41, 5.74) is 6.14. The molecule has 5 amide bonds. The molecule has 0 saturated carbocycles. The molecule has 0 spiro atoms. The maximum absolute atomic E-state index is 12.4. The minimum absolute atomic E-state index is 0.0110. The van der Waals surface area contributed by atoms with Gasteiger partial charge in [-0.3, -0.25) is 54.3 Å². The molecule has 5 heterocycles. The van der Waals surface area contributed by atoms with E-state index in [1.165, 1.54) is 67.4 Å². The lowest BCUT2D eigenvalue weighted by Gasteiger charge is -2.35. The summed E-state index contributed by atoms with van der Waals surface area (Å²) in [6.45, 7) is 29.2. The molecule has 5 saturated heterocycles. The van der Waals surface area contributed by atoms with E-state index in [1.807, 2.05) is 86.9 Å². The van der Waals surface area contributed by atoms with Gasteiger partial charge in [0.2, 0.25) is 0 Å². The SMILES string of the molecule is CC1CC(C)CN(C(=O)c2ccc([N+](=O)[O-])cc2)C1.CC1CCCN(C(=O)c2ccc([N+](=O)[O-])cc2)C1.Cc1cc(C(=O)N2CCCC(C)C2)ccc1[N+](=O)[O-].Cc1cccc(C(=O)N2CC(C)CC(C)C2)c1.Cc1cccc(C(=O)N2CCCC(C)C2)c1. The molecule has 5 aromatic carbocycles. The van der Waals surface area contributed by atoms with Crippen molar-refractivity contribution in [2.75, 3.05) is 65.4 Å². The van der Waals surface area contributed by atoms with Gasteiger partial charge in [-0.1, -0.05) is 83.9 Å². The van der Waals surface area contributed by atoms with E-state index in [9.17, 15) is 54.3 Å². The Bertz CT molecular complexity index is 3230. The van der Waals surface area contributed by atoms with Gasteiger partial charge in [0.25, 0.3) is 46.6 Å². The Morgan fingerprint density at radius 3 is 0.955 bits per heavy atom. The molecule has 5 fully saturated rings. The van der Waals surface area contributed by atoms with Gasteiger partial charge in [0.05, 0.1) is 14.8 Å². The van der Waals surface area contributed by atoms with Crippen molar-refractivity contribution in [3.63, 3.8) is 0 Å². The number of non-ortho nitro benzene ring substituents is 2. The Morgan fingerprint density at radius 2 is 0.652 bits per heavy atom. The highest BCUT2D eigenvalue weighted by molar-refractivity contribution is 5.97. The number of aryl methyl sites for hydroxylation is 3. The van der Waals surface area contributed by atoms with Gasteiger partial charge in [-0.25, -0.2) is 0 Å². The maximum atomic E-state index is 12.4. The van der Waals surface area contributed by atoms with Gasteiger partial charge in [-0.2, -0.15) is 0 Å². The lowest BCUT2D eigenvalue weighted by atomic mass is 9.91. The van der Waals surface area contributed by atoms with Crippen LogP contribution in [0.1, 0.15) is 168 Å². The molecule has 7 unspecified atom stereocenters. The minimum Gasteiger partial charge on any atom is -0.338 e. The van der Waals surface area contributed by atoms with Crippen LogP contribution in [0.3, 0.4) is 0 Å². The topological polar surface area (TPSA) is 231 Å². The normalized spacial score (nSPS) is 21.5. The van der Waals surface area contributed by atoms with Crippen LogP contribution < -0.4 is 0 Å². The van der Waals surface area contributed by atoms with Crippen LogP contribution in [0.5, 0.6) is 0 Å². The zero-order valence-corrected chi connectivity index (χ0v) is 53.8. The summed E-state index contributed by atoms with van der Waals surface area (Å²) in [5, 5.41) is 31.9. The predicted molar refractivity (Wildman–Crippen MR) is 347 cm³/mol. The standard InChI is InChI=1S/C15H21NO.2C14H18N2O3.C14H19NO.C13H16N2O3/c1-11-5-4-6-14(8-11)15(17)16-9-12(2)7-13(3)10-16;1-10-7-11(2)9-15(8-10)14(17)12-3-5-13(6-4-12)16(18)19;1-10-4-3-7-15(9-10)14(17)12-5-6-13(16(18)19)11(2)8-12;1-11-5-3-7-13(9-11)14(16)15-8-4-6-12(2)10-15;1-10-3-2-8-14(9-10)13(16)11-4-6-12(7-5-11)15(17)18/h4-6,8,12-13H,7,9-10H2,1-3H3;3-6,10-11H,7-9H2,1-2H3;5-6,8,10H,3-4,7,9H2,1-2H3;3,5,7,9,12H,4,6,8,10H2,1-2H3;4-7,10H,2-3,8-9H2,1H3. The van der Waals surface area contributed by atoms with E-state index in [4.69, 9.17) is 0 Å². The summed E-state index contributed by atoms with van der Waals surface area (Å²) >= 11 is 0. The Hall–Kier alpha value is -8.35. The van der Waals surface area contributed by atoms with Crippen molar-refractivity contribution in [3.8, 4) is 0 Å². The fourth-order valence-electron chi connectivity index (χ4n) is 12.7. The molecule has 5 aromatic rings. The number of hydrogen-bond donors (Lipinski definition) is 0. The van der Waals surface area contributed by atoms with E-state index >= 15 is 0 Å². The second kappa shape index (κ2) is 33.3. The minimum atomic E-state index is -0.461. The van der Waals surface area contributed by atoms with E-state index in [-0.39, 0.29) is 46.6 Å². The first kappa shape index (κ1) is 69.7. The fourth-order valence-corrected chi connectivity index (χ4v) is 12.7. The first-order valence-corrected chi connectivity index (χ1v) is 31.6. The lowest BCUT2D eigenvalue weighted by Crippen LogP contribution is -2.42. The first-order chi connectivity index (χ1) is 42.3. The number of rotatable bonds is 8. The van der Waals surface area contributed by atoms with Gasteiger partial charge < -0.3 is 24.5 Å². The third-order valence-corrected chi connectivity index (χ3v) is 17.0. The lowest BCUT2D eigenvalue weighted by molar-refractivity contribution is -0.385. The summed E-state index contributed by atoms with van der Waals surface area (Å²) in [5.74, 6) is 4.23. The predicted octanol–water partition coefficient (Wildman–Crippen LogP) is 13.9. The van der Waals surface area contributed by atoms with Gasteiger partial charge in [0.1, 0.15) is 0 Å². The van der Waals surface area contributed by atoms with E-state index in [1.54, 1.807) is 19.1 Å². The van der Waals surface area contributed by atoms with Gasteiger partial charge in [0, 0.05) is 129 Å². The number of hydrogen-bond acceptors (Lipinski definition) is 11. The Kier molecular flexibility index (Phi) is 26.1. The van der Waals surface area contributed by atoms with Crippen LogP contribution in [-0.4, -0.2) is 134 Å². The van der Waals surface area contributed by atoms with E-state index in [0.717, 1.165) is 126 Å². The van der Waals surface area contributed by atoms with Crippen LogP contribution in [0.2, 0.25) is 0 Å². The second-order valence-corrected chi connectivity index (χ2v) is 25.9. The highest BCUT2D eigenvalue weighted by Crippen LogP contribution is 2.27. The molecule has 0 bridgehead atoms. The Morgan fingerprint density at radius 1 is 0.360 bits per heavy atom. The van der Waals surface area contributed by atoms with Crippen LogP contribution in [0, 0.1) is 92.5 Å². The van der Waals surface area contributed by atoms with Crippen LogP contribution in [0.15, 0.2) is 115 Å². The number of nitro benzene ring substituents is 3. The molecular formula is C70H92N8O11. The molecule has 0 aromatic heterocycles. The van der Waals surface area contributed by atoms with Gasteiger partial charge in [-0.15, -0.1) is 0 Å². The molecule has 0 aliphatic carbocycles. The smallest absolute Gasteiger partial charge is 0.272 e. The zero-order chi connectivity index (χ0) is 65.1. The largest absolute Gasteiger partial charge is 0.338 e. The van der Waals surface area contributed by atoms with Crippen molar-refractivity contribution < 1.29 is 38.7 Å². The van der Waals surface area contributed by atoms with Crippen molar-refractivity contribution in [1.82, 2.24) is 24.5 Å². The summed E-state index contributed by atoms with van der Waals surface area (Å²) < 4.78 is 0. The summed E-state index contributed by atoms with van der Waals surface area (Å²) in [7, 11) is 0. The number of amides is 5.